The zero-order valence-corrected chi connectivity index (χ0v) is 23.3. The van der Waals surface area contributed by atoms with Gasteiger partial charge in [-0.3, -0.25) is 0 Å². The third-order valence-corrected chi connectivity index (χ3v) is 7.29. The molecule has 0 saturated carbocycles. The lowest BCUT2D eigenvalue weighted by molar-refractivity contribution is 0.456. The fraction of sp³-hybridized carbons (Fsp3) is 0.189. The average molecular weight is 497 g/mol. The Morgan fingerprint density at radius 3 is 1.53 bits per heavy atom. The highest BCUT2D eigenvalue weighted by Gasteiger charge is 2.33. The van der Waals surface area contributed by atoms with Crippen molar-refractivity contribution in [2.75, 3.05) is 0 Å². The van der Waals surface area contributed by atoms with Gasteiger partial charge in [-0.25, -0.2) is 0 Å². The van der Waals surface area contributed by atoms with Crippen LogP contribution in [0.4, 0.5) is 0 Å². The van der Waals surface area contributed by atoms with Gasteiger partial charge in [0.2, 0.25) is 0 Å². The normalized spacial score (nSPS) is 12.1. The van der Waals surface area contributed by atoms with Crippen molar-refractivity contribution in [3.8, 4) is 11.5 Å². The quantitative estimate of drug-likeness (QED) is 0.220. The van der Waals surface area contributed by atoms with E-state index in [1.165, 1.54) is 60.1 Å². The van der Waals surface area contributed by atoms with Crippen LogP contribution >= 0.6 is 0 Å². The van der Waals surface area contributed by atoms with Crippen LogP contribution in [0.2, 0.25) is 0 Å². The van der Waals surface area contributed by atoms with Gasteiger partial charge in [0.25, 0.3) is 0 Å². The molecule has 0 N–H and O–H groups in total. The Balaban J connectivity index is 0.000000704. The van der Waals surface area contributed by atoms with E-state index in [0.717, 1.165) is 11.5 Å². The van der Waals surface area contributed by atoms with Gasteiger partial charge in [-0.05, 0) is 63.9 Å². The number of benzene rings is 6. The molecule has 6 aromatic rings. The Labute approximate surface area is 226 Å². The highest BCUT2D eigenvalue weighted by atomic mass is 16.5. The van der Waals surface area contributed by atoms with Gasteiger partial charge in [0, 0.05) is 17.0 Å². The van der Waals surface area contributed by atoms with Crippen molar-refractivity contribution in [2.45, 2.75) is 47.5 Å². The molecule has 0 aromatic heterocycles. The van der Waals surface area contributed by atoms with Crippen molar-refractivity contribution < 1.29 is 4.74 Å². The Morgan fingerprint density at radius 1 is 0.474 bits per heavy atom. The number of hydrogen-bond donors (Lipinski definition) is 0. The summed E-state index contributed by atoms with van der Waals surface area (Å²) in [7, 11) is 0. The summed E-state index contributed by atoms with van der Waals surface area (Å²) >= 11 is 0. The maximum absolute atomic E-state index is 6.64. The minimum Gasteiger partial charge on any atom is -0.457 e. The molecule has 0 aliphatic carbocycles. The van der Waals surface area contributed by atoms with E-state index in [2.05, 4.69) is 117 Å². The summed E-state index contributed by atoms with van der Waals surface area (Å²) < 4.78 is 6.64. The zero-order valence-electron chi connectivity index (χ0n) is 23.3. The van der Waals surface area contributed by atoms with Crippen molar-refractivity contribution in [2.24, 2.45) is 0 Å². The first-order valence-corrected chi connectivity index (χ1v) is 13.9. The molecule has 190 valence electrons. The maximum atomic E-state index is 6.64. The summed E-state index contributed by atoms with van der Waals surface area (Å²) in [5.74, 6) is 1.98. The lowest BCUT2D eigenvalue weighted by Crippen LogP contribution is -2.13. The molecule has 1 aliphatic rings. The third kappa shape index (κ3) is 4.23. The Bertz CT molecular complexity index is 1660. The first-order valence-electron chi connectivity index (χ1n) is 13.9. The minimum atomic E-state index is 0.0702. The van der Waals surface area contributed by atoms with Crippen LogP contribution in [-0.4, -0.2) is 0 Å². The van der Waals surface area contributed by atoms with E-state index in [1.807, 2.05) is 27.7 Å². The predicted molar refractivity (Wildman–Crippen MR) is 165 cm³/mol. The Hall–Kier alpha value is -4.10. The average Bonchev–Trinajstić information content (AvgIpc) is 2.97. The van der Waals surface area contributed by atoms with Crippen LogP contribution in [-0.2, 0) is 0 Å². The van der Waals surface area contributed by atoms with Crippen molar-refractivity contribution >= 4 is 32.3 Å². The van der Waals surface area contributed by atoms with E-state index < -0.39 is 0 Å². The molecule has 0 amide bonds. The highest BCUT2D eigenvalue weighted by Crippen LogP contribution is 2.53. The topological polar surface area (TPSA) is 9.23 Å². The second kappa shape index (κ2) is 10.7. The van der Waals surface area contributed by atoms with Crippen LogP contribution in [0.5, 0.6) is 11.5 Å². The summed E-state index contributed by atoms with van der Waals surface area (Å²) in [5, 5.41) is 7.60. The van der Waals surface area contributed by atoms with E-state index in [4.69, 9.17) is 4.74 Å². The minimum absolute atomic E-state index is 0.0702. The van der Waals surface area contributed by atoms with Gasteiger partial charge in [0.15, 0.2) is 0 Å². The number of fused-ring (bicyclic) bond motifs is 7. The van der Waals surface area contributed by atoms with Crippen molar-refractivity contribution in [3.05, 3.63) is 131 Å². The Kier molecular flexibility index (Phi) is 7.20. The number of hydrogen-bond acceptors (Lipinski definition) is 1. The predicted octanol–water partition coefficient (Wildman–Crippen LogP) is 11.1. The first kappa shape index (κ1) is 25.5. The second-order valence-corrected chi connectivity index (χ2v) is 9.51. The zero-order chi connectivity index (χ0) is 26.8. The molecule has 1 heterocycles. The van der Waals surface area contributed by atoms with E-state index >= 15 is 0 Å². The van der Waals surface area contributed by atoms with E-state index in [9.17, 15) is 0 Å². The molecule has 38 heavy (non-hydrogen) atoms. The highest BCUT2D eigenvalue weighted by molar-refractivity contribution is 5.97. The summed E-state index contributed by atoms with van der Waals surface area (Å²) in [6, 6.07) is 37.6. The van der Waals surface area contributed by atoms with Gasteiger partial charge in [-0.15, -0.1) is 0 Å². The van der Waals surface area contributed by atoms with Crippen LogP contribution in [0.3, 0.4) is 0 Å². The fourth-order valence-corrected chi connectivity index (χ4v) is 5.72. The van der Waals surface area contributed by atoms with Crippen LogP contribution in [0.25, 0.3) is 32.3 Å². The van der Waals surface area contributed by atoms with Gasteiger partial charge in [0.05, 0.1) is 0 Å². The van der Waals surface area contributed by atoms with Crippen LogP contribution in [0.1, 0.15) is 61.4 Å². The molecule has 1 nitrogen and oxygen atoms in total. The largest absolute Gasteiger partial charge is 0.457 e. The summed E-state index contributed by atoms with van der Waals surface area (Å²) in [4.78, 5) is 0. The van der Waals surface area contributed by atoms with E-state index in [0.29, 0.717) is 0 Å². The molecule has 0 spiro atoms. The smallest absolute Gasteiger partial charge is 0.132 e. The molecule has 0 bridgehead atoms. The standard InChI is InChI=1S/C33H24O.2C2H6/c1-20-10-12-23-14-16-29-31(27(23)18-20)33(26-9-5-7-22-6-3-4-8-25(22)26)32-28-19-21(2)11-13-24(28)15-17-30(32)34-29;2*1-2/h3-19,33H,1-2H3;2*1-2H3. The number of ether oxygens (including phenoxy) is 1. The number of aryl methyl sites for hydroxylation is 2. The monoisotopic (exact) mass is 496 g/mol. The van der Waals surface area contributed by atoms with Gasteiger partial charge >= 0.3 is 0 Å². The molecule has 1 aliphatic heterocycles. The molecule has 7 rings (SSSR count). The van der Waals surface area contributed by atoms with E-state index in [1.54, 1.807) is 0 Å². The molecule has 0 saturated heterocycles. The molecule has 6 aromatic carbocycles. The maximum Gasteiger partial charge on any atom is 0.132 e. The molecule has 0 atom stereocenters. The molecular weight excluding hydrogens is 460 g/mol. The lowest BCUT2D eigenvalue weighted by atomic mass is 9.77. The van der Waals surface area contributed by atoms with E-state index in [-0.39, 0.29) is 5.92 Å². The summed E-state index contributed by atoms with van der Waals surface area (Å²) in [6.45, 7) is 12.3. The lowest BCUT2D eigenvalue weighted by Gasteiger charge is -2.32. The van der Waals surface area contributed by atoms with Crippen LogP contribution in [0.15, 0.2) is 103 Å². The summed E-state index contributed by atoms with van der Waals surface area (Å²) in [5.41, 5.74) is 6.37. The molecule has 0 radical (unpaired) electrons. The SMILES string of the molecule is CC.CC.Cc1ccc2ccc3c(c2c1)C(c1cccc2ccccc12)c1c(ccc2ccc(C)cc12)O3. The van der Waals surface area contributed by atoms with Crippen molar-refractivity contribution in [1.82, 2.24) is 0 Å². The Morgan fingerprint density at radius 2 is 0.947 bits per heavy atom. The molecule has 0 unspecified atom stereocenters. The second-order valence-electron chi connectivity index (χ2n) is 9.51. The van der Waals surface area contributed by atoms with Gasteiger partial charge in [0.1, 0.15) is 11.5 Å². The molecular formula is C37H36O. The molecule has 1 heteroatoms. The van der Waals surface area contributed by atoms with Gasteiger partial charge in [-0.1, -0.05) is 130 Å². The fourth-order valence-electron chi connectivity index (χ4n) is 5.72. The van der Waals surface area contributed by atoms with Crippen LogP contribution in [0, 0.1) is 13.8 Å². The van der Waals surface area contributed by atoms with Crippen molar-refractivity contribution in [3.63, 3.8) is 0 Å². The number of rotatable bonds is 1. The first-order chi connectivity index (χ1) is 18.7. The van der Waals surface area contributed by atoms with Gasteiger partial charge < -0.3 is 4.74 Å². The van der Waals surface area contributed by atoms with Gasteiger partial charge in [-0.2, -0.15) is 0 Å². The van der Waals surface area contributed by atoms with Crippen molar-refractivity contribution in [1.29, 1.82) is 0 Å². The van der Waals surface area contributed by atoms with Crippen LogP contribution < -0.4 is 4.74 Å². The third-order valence-electron chi connectivity index (χ3n) is 7.29. The molecule has 0 fully saturated rings. The summed E-state index contributed by atoms with van der Waals surface area (Å²) in [6.07, 6.45) is 0.